The maximum atomic E-state index is 14.1. The Kier molecular flexibility index (Phi) is 6.73. The summed E-state index contributed by atoms with van der Waals surface area (Å²) in [7, 11) is 0. The molecule has 0 aromatic heterocycles. The number of aliphatic hydroxyl groups is 1. The van der Waals surface area contributed by atoms with Crippen LogP contribution in [0.25, 0.3) is 0 Å². The van der Waals surface area contributed by atoms with Crippen molar-refractivity contribution in [3.8, 4) is 0 Å². The molecule has 6 rings (SSSR count). The van der Waals surface area contributed by atoms with Crippen molar-refractivity contribution >= 4 is 5.97 Å². The zero-order chi connectivity index (χ0) is 28.7. The van der Waals surface area contributed by atoms with Crippen LogP contribution in [0.3, 0.4) is 0 Å². The highest BCUT2D eigenvalue weighted by atomic mass is 16.5. The lowest BCUT2D eigenvalue weighted by molar-refractivity contribution is -0.248. The minimum absolute atomic E-state index is 0.0210. The fourth-order valence-corrected chi connectivity index (χ4v) is 12.4. The molecule has 1 aromatic carbocycles. The number of allylic oxidation sites excluding steroid dienone is 1. The van der Waals surface area contributed by atoms with E-state index in [4.69, 9.17) is 4.74 Å². The lowest BCUT2D eigenvalue weighted by Gasteiger charge is -2.72. The van der Waals surface area contributed by atoms with Crippen LogP contribution in [0.2, 0.25) is 0 Å². The van der Waals surface area contributed by atoms with Crippen molar-refractivity contribution in [1.29, 1.82) is 0 Å². The highest BCUT2D eigenvalue weighted by Gasteiger charge is 2.72. The summed E-state index contributed by atoms with van der Waals surface area (Å²) < 4.78 is 6.17. The lowest BCUT2D eigenvalue weighted by Crippen LogP contribution is -2.67. The van der Waals surface area contributed by atoms with Gasteiger partial charge in [-0.3, -0.25) is 4.79 Å². The predicted octanol–water partition coefficient (Wildman–Crippen LogP) is 8.75. The SMILES string of the molecule is C=C(C)C1CC[C@]2(C(=O)OCc3ccccc3)CC[C@]3(C)C(CCC4[C@@]5(C)CC[C@H](O)C(C)(C)C5CC[C@]43C)C12. The Labute approximate surface area is 243 Å². The molecule has 5 aliphatic carbocycles. The molecule has 0 spiro atoms. The third-order valence-corrected chi connectivity index (χ3v) is 14.7. The molecule has 3 heteroatoms. The summed E-state index contributed by atoms with van der Waals surface area (Å²) in [5.41, 5.74) is 2.67. The average molecular weight is 547 g/mol. The van der Waals surface area contributed by atoms with Crippen LogP contribution in [0, 0.1) is 56.7 Å². The molecule has 0 radical (unpaired) electrons. The fourth-order valence-electron chi connectivity index (χ4n) is 12.4. The van der Waals surface area contributed by atoms with Gasteiger partial charge in [0.25, 0.3) is 0 Å². The first-order valence-corrected chi connectivity index (χ1v) is 16.4. The average Bonchev–Trinajstić information content (AvgIpc) is 3.32. The van der Waals surface area contributed by atoms with Crippen LogP contribution in [-0.4, -0.2) is 17.2 Å². The van der Waals surface area contributed by atoms with Crippen LogP contribution >= 0.6 is 0 Å². The van der Waals surface area contributed by atoms with Gasteiger partial charge in [0.05, 0.1) is 11.5 Å². The third-order valence-electron chi connectivity index (χ3n) is 14.7. The third kappa shape index (κ3) is 3.74. The molecule has 220 valence electrons. The Morgan fingerprint density at radius 3 is 2.30 bits per heavy atom. The molecule has 1 aromatic rings. The zero-order valence-electron chi connectivity index (χ0n) is 26.1. The van der Waals surface area contributed by atoms with Gasteiger partial charge in [-0.1, -0.05) is 77.1 Å². The van der Waals surface area contributed by atoms with E-state index in [-0.39, 0.29) is 39.1 Å². The monoisotopic (exact) mass is 546 g/mol. The molecule has 5 fully saturated rings. The first-order chi connectivity index (χ1) is 18.8. The molecule has 0 aliphatic heterocycles. The van der Waals surface area contributed by atoms with Gasteiger partial charge in [0.2, 0.25) is 0 Å². The number of ether oxygens (including phenoxy) is 1. The number of benzene rings is 1. The summed E-state index contributed by atoms with van der Waals surface area (Å²) in [4.78, 5) is 14.1. The van der Waals surface area contributed by atoms with Crippen LogP contribution in [0.15, 0.2) is 42.5 Å². The normalized spacial score (nSPS) is 47.3. The highest BCUT2D eigenvalue weighted by Crippen LogP contribution is 2.77. The maximum Gasteiger partial charge on any atom is 0.312 e. The van der Waals surface area contributed by atoms with Gasteiger partial charge in [0.15, 0.2) is 0 Å². The maximum absolute atomic E-state index is 14.1. The molecule has 40 heavy (non-hydrogen) atoms. The van der Waals surface area contributed by atoms with E-state index in [9.17, 15) is 9.90 Å². The van der Waals surface area contributed by atoms with Gasteiger partial charge in [0, 0.05) is 0 Å². The quantitative estimate of drug-likeness (QED) is 0.303. The minimum atomic E-state index is -0.371. The molecule has 5 aliphatic rings. The van der Waals surface area contributed by atoms with Crippen molar-refractivity contribution in [2.75, 3.05) is 0 Å². The van der Waals surface area contributed by atoms with E-state index in [1.165, 1.54) is 31.3 Å². The number of hydrogen-bond donors (Lipinski definition) is 1. The summed E-state index contributed by atoms with van der Waals surface area (Å²) >= 11 is 0. The van der Waals surface area contributed by atoms with Crippen LogP contribution in [0.4, 0.5) is 0 Å². The van der Waals surface area contributed by atoms with Crippen molar-refractivity contribution in [3.05, 3.63) is 48.0 Å². The summed E-state index contributed by atoms with van der Waals surface area (Å²) in [5.74, 6) is 2.57. The van der Waals surface area contributed by atoms with Crippen LogP contribution < -0.4 is 0 Å². The smallest absolute Gasteiger partial charge is 0.312 e. The first-order valence-electron chi connectivity index (χ1n) is 16.4. The number of fused-ring (bicyclic) bond motifs is 7. The van der Waals surface area contributed by atoms with Gasteiger partial charge >= 0.3 is 5.97 Å². The van der Waals surface area contributed by atoms with E-state index in [1.54, 1.807) is 0 Å². The number of esters is 1. The zero-order valence-corrected chi connectivity index (χ0v) is 26.1. The predicted molar refractivity (Wildman–Crippen MR) is 161 cm³/mol. The highest BCUT2D eigenvalue weighted by molar-refractivity contribution is 5.78. The second-order valence-corrected chi connectivity index (χ2v) is 16.3. The van der Waals surface area contributed by atoms with Crippen molar-refractivity contribution in [3.63, 3.8) is 0 Å². The van der Waals surface area contributed by atoms with Crippen LogP contribution in [0.5, 0.6) is 0 Å². The topological polar surface area (TPSA) is 46.5 Å². The summed E-state index contributed by atoms with van der Waals surface area (Å²) in [6.45, 7) is 19.6. The number of aliphatic hydroxyl groups excluding tert-OH is 1. The Morgan fingerprint density at radius 2 is 1.60 bits per heavy atom. The Morgan fingerprint density at radius 1 is 0.875 bits per heavy atom. The number of rotatable bonds is 4. The van der Waals surface area contributed by atoms with Gasteiger partial charge in [-0.2, -0.15) is 0 Å². The van der Waals surface area contributed by atoms with Gasteiger partial charge in [-0.25, -0.2) is 0 Å². The molecular formula is C37H54O3. The van der Waals surface area contributed by atoms with E-state index >= 15 is 0 Å². The van der Waals surface area contributed by atoms with Crippen molar-refractivity contribution in [2.24, 2.45) is 56.7 Å². The van der Waals surface area contributed by atoms with Gasteiger partial charge in [0.1, 0.15) is 6.61 Å². The molecular weight excluding hydrogens is 492 g/mol. The Balaban J connectivity index is 1.34. The van der Waals surface area contributed by atoms with E-state index < -0.39 is 0 Å². The molecule has 0 bridgehead atoms. The van der Waals surface area contributed by atoms with Gasteiger partial charge in [-0.15, -0.1) is 0 Å². The fraction of sp³-hybridized carbons (Fsp3) is 0.757. The molecule has 0 amide bonds. The Bertz CT molecular complexity index is 1160. The molecule has 0 saturated heterocycles. The van der Waals surface area contributed by atoms with Crippen molar-refractivity contribution in [1.82, 2.24) is 0 Å². The summed E-state index contributed by atoms with van der Waals surface area (Å²) in [6.07, 6.45) is 10.9. The Hall–Kier alpha value is -1.61. The van der Waals surface area contributed by atoms with Crippen LogP contribution in [0.1, 0.15) is 111 Å². The van der Waals surface area contributed by atoms with Crippen LogP contribution in [-0.2, 0) is 16.1 Å². The number of hydrogen-bond acceptors (Lipinski definition) is 3. The van der Waals surface area contributed by atoms with E-state index in [0.29, 0.717) is 36.2 Å². The molecule has 3 nitrogen and oxygen atoms in total. The molecule has 10 atom stereocenters. The first kappa shape index (κ1) is 28.5. The number of carbonyl (C=O) groups is 1. The second-order valence-electron chi connectivity index (χ2n) is 16.3. The molecule has 5 saturated carbocycles. The molecule has 1 N–H and O–H groups in total. The van der Waals surface area contributed by atoms with Gasteiger partial charge in [-0.05, 0) is 128 Å². The summed E-state index contributed by atoms with van der Waals surface area (Å²) in [5, 5.41) is 11.0. The second kappa shape index (κ2) is 9.45. The minimum Gasteiger partial charge on any atom is -0.460 e. The van der Waals surface area contributed by atoms with E-state index in [1.807, 2.05) is 18.2 Å². The standard InChI is InChI=1S/C37H54O3/c1-24(2)26-15-20-37(32(39)40-23-25-11-9-8-10-12-25)22-21-35(6)27(31(26)37)13-14-29-34(5)18-17-30(38)33(3,4)28(34)16-19-36(29,35)7/h8-12,26-31,38H,1,13-23H2,2-7H3/t26?,27?,28?,29?,30-,31?,34-,35+,36+,37-/m0/s1. The van der Waals surface area contributed by atoms with Crippen molar-refractivity contribution in [2.45, 2.75) is 118 Å². The molecule has 5 unspecified atom stereocenters. The van der Waals surface area contributed by atoms with Crippen molar-refractivity contribution < 1.29 is 14.6 Å². The largest absolute Gasteiger partial charge is 0.460 e. The number of carbonyl (C=O) groups excluding carboxylic acids is 1. The van der Waals surface area contributed by atoms with E-state index in [2.05, 4.69) is 60.3 Å². The lowest BCUT2D eigenvalue weighted by atomic mass is 9.32. The molecule has 0 heterocycles. The summed E-state index contributed by atoms with van der Waals surface area (Å²) in [6, 6.07) is 10.2. The van der Waals surface area contributed by atoms with Gasteiger partial charge < -0.3 is 9.84 Å². The van der Waals surface area contributed by atoms with E-state index in [0.717, 1.165) is 44.1 Å².